The van der Waals surface area contributed by atoms with Crippen molar-refractivity contribution in [2.45, 2.75) is 39.8 Å². The predicted molar refractivity (Wildman–Crippen MR) is 147 cm³/mol. The summed E-state index contributed by atoms with van der Waals surface area (Å²) in [5.74, 6) is -0.878. The molecule has 0 bridgehead atoms. The fraction of sp³-hybridized carbons (Fsp3) is 0.207. The highest BCUT2D eigenvalue weighted by Gasteiger charge is 2.48. The fourth-order valence-corrected chi connectivity index (χ4v) is 4.79. The van der Waals surface area contributed by atoms with Gasteiger partial charge in [0.2, 0.25) is 5.95 Å². The van der Waals surface area contributed by atoms with Crippen molar-refractivity contribution < 1.29 is 19.4 Å². The number of fused-ring (bicyclic) bond motifs is 1. The van der Waals surface area contributed by atoms with Crippen LogP contribution in [-0.4, -0.2) is 32.9 Å². The van der Waals surface area contributed by atoms with Gasteiger partial charge in [-0.3, -0.25) is 14.5 Å². The summed E-state index contributed by atoms with van der Waals surface area (Å²) in [7, 11) is 0. The Morgan fingerprint density at radius 3 is 2.46 bits per heavy atom. The zero-order valence-corrected chi connectivity index (χ0v) is 22.5. The number of carbonyl (C=O) groups is 2. The van der Waals surface area contributed by atoms with Gasteiger partial charge in [0.25, 0.3) is 5.78 Å². The van der Waals surface area contributed by atoms with E-state index in [9.17, 15) is 14.7 Å². The molecule has 1 unspecified atom stereocenters. The van der Waals surface area contributed by atoms with Crippen molar-refractivity contribution in [2.75, 3.05) is 4.90 Å². The van der Waals surface area contributed by atoms with E-state index < -0.39 is 17.7 Å². The average molecular weight is 560 g/mol. The van der Waals surface area contributed by atoms with Crippen LogP contribution in [0, 0.1) is 13.8 Å². The second-order valence-corrected chi connectivity index (χ2v) is 10.3. The molecular weight excluding hydrogens is 534 g/mol. The molecule has 1 saturated heterocycles. The number of Topliss-reactive ketones (excluding diaryl/α,β-unsaturated/α-hetero) is 1. The number of aromatic amines is 1. The van der Waals surface area contributed by atoms with Gasteiger partial charge in [0.1, 0.15) is 11.5 Å². The molecule has 2 heterocycles. The van der Waals surface area contributed by atoms with Gasteiger partial charge in [-0.2, -0.15) is 0 Å². The average Bonchev–Trinajstić information content (AvgIpc) is 3.38. The Morgan fingerprint density at radius 1 is 1.05 bits per heavy atom. The molecule has 7 nitrogen and oxygen atoms in total. The molecule has 0 aliphatic carbocycles. The van der Waals surface area contributed by atoms with Crippen molar-refractivity contribution in [3.63, 3.8) is 0 Å². The normalized spacial score (nSPS) is 17.2. The van der Waals surface area contributed by atoms with Crippen LogP contribution in [0.25, 0.3) is 16.8 Å². The number of halogens is 1. The zero-order valence-electron chi connectivity index (χ0n) is 20.9. The summed E-state index contributed by atoms with van der Waals surface area (Å²) in [6.45, 7) is 7.73. The molecule has 1 aliphatic rings. The monoisotopic (exact) mass is 559 g/mol. The van der Waals surface area contributed by atoms with Gasteiger partial charge in [0.15, 0.2) is 0 Å². The zero-order chi connectivity index (χ0) is 26.4. The van der Waals surface area contributed by atoms with Crippen molar-refractivity contribution in [2.24, 2.45) is 0 Å². The summed E-state index contributed by atoms with van der Waals surface area (Å²) < 4.78 is 6.65. The minimum Gasteiger partial charge on any atom is -0.507 e. The Bertz CT molecular complexity index is 1570. The number of H-pyrrole nitrogens is 1. The first kappa shape index (κ1) is 24.8. The lowest BCUT2D eigenvalue weighted by Crippen LogP contribution is -2.30. The maximum Gasteiger partial charge on any atom is 0.302 e. The largest absolute Gasteiger partial charge is 0.507 e. The third-order valence-electron chi connectivity index (χ3n) is 6.30. The van der Waals surface area contributed by atoms with E-state index in [1.165, 1.54) is 4.90 Å². The van der Waals surface area contributed by atoms with Gasteiger partial charge in [0, 0.05) is 10.0 Å². The number of imidazole rings is 1. The topological polar surface area (TPSA) is 95.5 Å². The Morgan fingerprint density at radius 2 is 1.78 bits per heavy atom. The Balaban J connectivity index is 1.69. The number of nitrogens with one attached hydrogen (secondary N) is 1. The molecule has 0 spiro atoms. The summed E-state index contributed by atoms with van der Waals surface area (Å²) in [5, 5.41) is 11.4. The highest BCUT2D eigenvalue weighted by Crippen LogP contribution is 2.42. The van der Waals surface area contributed by atoms with Crippen molar-refractivity contribution in [3.8, 4) is 5.75 Å². The van der Waals surface area contributed by atoms with Crippen LogP contribution < -0.4 is 9.64 Å². The van der Waals surface area contributed by atoms with Crippen molar-refractivity contribution >= 4 is 50.4 Å². The lowest BCUT2D eigenvalue weighted by molar-refractivity contribution is -0.132. The van der Waals surface area contributed by atoms with Crippen LogP contribution in [-0.2, 0) is 9.59 Å². The smallest absolute Gasteiger partial charge is 0.302 e. The van der Waals surface area contributed by atoms with E-state index in [1.54, 1.807) is 42.5 Å². The van der Waals surface area contributed by atoms with E-state index >= 15 is 0 Å². The summed E-state index contributed by atoms with van der Waals surface area (Å²) >= 11 is 3.47. The third kappa shape index (κ3) is 4.53. The van der Waals surface area contributed by atoms with E-state index in [0.29, 0.717) is 22.4 Å². The molecule has 1 amide bonds. The number of benzene rings is 3. The summed E-state index contributed by atoms with van der Waals surface area (Å²) in [6.07, 6.45) is -0.00358. The van der Waals surface area contributed by atoms with Crippen molar-refractivity contribution in [1.29, 1.82) is 0 Å². The first-order chi connectivity index (χ1) is 17.6. The number of anilines is 1. The van der Waals surface area contributed by atoms with Crippen molar-refractivity contribution in [1.82, 2.24) is 9.97 Å². The number of aromatic nitrogens is 2. The number of aryl methyl sites for hydroxylation is 2. The van der Waals surface area contributed by atoms with Crippen LogP contribution in [0.5, 0.6) is 5.75 Å². The molecule has 1 aromatic heterocycles. The Hall–Kier alpha value is -3.91. The minimum absolute atomic E-state index is 0.000821. The predicted octanol–water partition coefficient (Wildman–Crippen LogP) is 6.36. The van der Waals surface area contributed by atoms with Crippen LogP contribution in [0.15, 0.2) is 70.7 Å². The first-order valence-electron chi connectivity index (χ1n) is 11.9. The van der Waals surface area contributed by atoms with Gasteiger partial charge in [-0.05, 0) is 80.8 Å². The van der Waals surface area contributed by atoms with E-state index in [-0.39, 0.29) is 23.4 Å². The number of ether oxygens (including phenoxy) is 1. The number of rotatable bonds is 5. The van der Waals surface area contributed by atoms with Gasteiger partial charge < -0.3 is 14.8 Å². The fourth-order valence-electron chi connectivity index (χ4n) is 4.54. The molecule has 1 fully saturated rings. The summed E-state index contributed by atoms with van der Waals surface area (Å²) in [5.41, 5.74) is 4.43. The standard InChI is InChI=1S/C29H26BrN3O4/c1-15(2)37-20-9-6-18(7-10-20)25-24(26(34)19-8-11-21(30)17(4)14-19)27(35)28(36)33(25)29-31-22-12-5-16(3)13-23(22)32-29/h5-15,25,34H,1-4H3,(H,31,32)/b26-24+. The van der Waals surface area contributed by atoms with E-state index in [4.69, 9.17) is 4.74 Å². The maximum atomic E-state index is 13.5. The molecule has 4 aromatic rings. The van der Waals surface area contributed by atoms with Crippen LogP contribution in [0.4, 0.5) is 5.95 Å². The quantitative estimate of drug-likeness (QED) is 0.168. The first-order valence-corrected chi connectivity index (χ1v) is 12.7. The maximum absolute atomic E-state index is 13.5. The molecule has 1 atom stereocenters. The third-order valence-corrected chi connectivity index (χ3v) is 7.19. The van der Waals surface area contributed by atoms with E-state index in [2.05, 4.69) is 25.9 Å². The van der Waals surface area contributed by atoms with Crippen LogP contribution in [0.1, 0.15) is 42.1 Å². The molecular formula is C29H26BrN3O4. The second kappa shape index (κ2) is 9.52. The minimum atomic E-state index is -0.890. The van der Waals surface area contributed by atoms with E-state index in [0.717, 1.165) is 21.1 Å². The summed E-state index contributed by atoms with van der Waals surface area (Å²) in [6, 6.07) is 17.3. The number of hydrogen-bond donors (Lipinski definition) is 2. The van der Waals surface area contributed by atoms with E-state index in [1.807, 2.05) is 45.9 Å². The molecule has 5 rings (SSSR count). The molecule has 0 radical (unpaired) electrons. The molecule has 37 heavy (non-hydrogen) atoms. The molecule has 0 saturated carbocycles. The van der Waals surface area contributed by atoms with Crippen molar-refractivity contribution in [3.05, 3.63) is 93.0 Å². The number of aliphatic hydroxyl groups excluding tert-OH is 1. The van der Waals surface area contributed by atoms with Crippen LogP contribution in [0.3, 0.4) is 0 Å². The van der Waals surface area contributed by atoms with Gasteiger partial charge >= 0.3 is 5.91 Å². The molecule has 3 aromatic carbocycles. The number of amides is 1. The number of aliphatic hydroxyl groups is 1. The number of nitrogens with zero attached hydrogens (tertiary/aromatic N) is 2. The lowest BCUT2D eigenvalue weighted by atomic mass is 9.95. The van der Waals surface area contributed by atoms with Gasteiger partial charge in [-0.1, -0.05) is 40.2 Å². The Labute approximate surface area is 222 Å². The van der Waals surface area contributed by atoms with Crippen LogP contribution >= 0.6 is 15.9 Å². The molecule has 1 aliphatic heterocycles. The van der Waals surface area contributed by atoms with Gasteiger partial charge in [-0.25, -0.2) is 4.98 Å². The SMILES string of the molecule is Cc1ccc2nc(N3C(=O)C(=O)/C(=C(/O)c4ccc(Br)c(C)c4)C3c3ccc(OC(C)C)cc3)[nH]c2c1. The molecule has 8 heteroatoms. The number of carbonyl (C=O) groups excluding carboxylic acids is 2. The number of ketones is 1. The van der Waals surface area contributed by atoms with Gasteiger partial charge in [0.05, 0.1) is 28.8 Å². The van der Waals surface area contributed by atoms with Gasteiger partial charge in [-0.15, -0.1) is 0 Å². The lowest BCUT2D eigenvalue weighted by Gasteiger charge is -2.23. The highest BCUT2D eigenvalue weighted by atomic mass is 79.9. The second-order valence-electron chi connectivity index (χ2n) is 9.45. The highest BCUT2D eigenvalue weighted by molar-refractivity contribution is 9.10. The Kier molecular flexibility index (Phi) is 6.37. The molecule has 2 N–H and O–H groups in total. The number of hydrogen-bond acceptors (Lipinski definition) is 5. The summed E-state index contributed by atoms with van der Waals surface area (Å²) in [4.78, 5) is 36.0. The molecule has 188 valence electrons. The van der Waals surface area contributed by atoms with Crippen LogP contribution in [0.2, 0.25) is 0 Å².